The average Bonchev–Trinajstić information content (AvgIpc) is 3.06. The predicted octanol–water partition coefficient (Wildman–Crippen LogP) is 4.49. The van der Waals surface area contributed by atoms with E-state index < -0.39 is 17.8 Å². The van der Waals surface area contributed by atoms with E-state index in [2.05, 4.69) is 10.2 Å². The number of halogens is 2. The second kappa shape index (κ2) is 11.6. The van der Waals surface area contributed by atoms with Crippen LogP contribution in [0.25, 0.3) is 6.08 Å². The number of carbonyl (C=O) groups is 3. The maximum atomic E-state index is 12.9. The molecule has 3 rings (SSSR count). The molecule has 0 aliphatic carbocycles. The fourth-order valence-corrected chi connectivity index (χ4v) is 4.33. The number of thioether (sulfide) groups is 1. The summed E-state index contributed by atoms with van der Waals surface area (Å²) >= 11 is 18.5. The third-order valence-electron chi connectivity index (χ3n) is 4.30. The highest BCUT2D eigenvalue weighted by molar-refractivity contribution is 8.26. The van der Waals surface area contributed by atoms with Crippen LogP contribution in [0, 0.1) is 0 Å². The first kappa shape index (κ1) is 25.8. The third kappa shape index (κ3) is 6.20. The van der Waals surface area contributed by atoms with Crippen molar-refractivity contribution < 1.29 is 28.6 Å². The van der Waals surface area contributed by atoms with Gasteiger partial charge in [-0.25, -0.2) is 4.79 Å². The quantitative estimate of drug-likeness (QED) is 0.297. The number of nitrogens with zero attached hydrogens (tertiary/aromatic N) is 1. The molecule has 2 amide bonds. The zero-order valence-electron chi connectivity index (χ0n) is 17.9. The zero-order chi connectivity index (χ0) is 24.8. The molecule has 0 unspecified atom stereocenters. The van der Waals surface area contributed by atoms with Crippen LogP contribution in [0.5, 0.6) is 11.5 Å². The van der Waals surface area contributed by atoms with Gasteiger partial charge in [0.05, 0.1) is 23.6 Å². The standard InChI is InChI=1S/C22H18Cl2N2O6S2/c1-3-31-16-9-12(8-15(24)19(16)32-11-18(27)30-2)10-17-21(29)26(22(33)34-17)25-20(28)13-4-6-14(23)7-5-13/h4-10H,3,11H2,1-2H3,(H,25,28)/b17-10-. The Hall–Kier alpha value is -2.79. The highest BCUT2D eigenvalue weighted by Gasteiger charge is 2.34. The fourth-order valence-electron chi connectivity index (χ4n) is 2.75. The first-order chi connectivity index (χ1) is 16.2. The molecule has 1 N–H and O–H groups in total. The molecule has 2 aromatic carbocycles. The number of rotatable bonds is 8. The number of benzene rings is 2. The molecular weight excluding hydrogens is 523 g/mol. The largest absolute Gasteiger partial charge is 0.490 e. The second-order valence-electron chi connectivity index (χ2n) is 6.59. The van der Waals surface area contributed by atoms with Crippen LogP contribution in [-0.4, -0.2) is 47.4 Å². The first-order valence-corrected chi connectivity index (χ1v) is 11.7. The molecule has 0 radical (unpaired) electrons. The molecule has 178 valence electrons. The molecule has 1 fully saturated rings. The van der Waals surface area contributed by atoms with Crippen LogP contribution in [0.2, 0.25) is 10.0 Å². The molecule has 1 saturated heterocycles. The summed E-state index contributed by atoms with van der Waals surface area (Å²) in [6, 6.07) is 9.37. The Morgan fingerprint density at radius 1 is 1.18 bits per heavy atom. The molecule has 2 aromatic rings. The SMILES string of the molecule is CCOc1cc(/C=C2\SC(=S)N(NC(=O)c3ccc(Cl)cc3)C2=O)cc(Cl)c1OCC(=O)OC. The van der Waals surface area contributed by atoms with Crippen LogP contribution in [0.1, 0.15) is 22.8 Å². The predicted molar refractivity (Wildman–Crippen MR) is 134 cm³/mol. The molecular formula is C22H18Cl2N2O6S2. The molecule has 0 saturated carbocycles. The van der Waals surface area contributed by atoms with Gasteiger partial charge in [-0.2, -0.15) is 5.01 Å². The minimum Gasteiger partial charge on any atom is -0.490 e. The summed E-state index contributed by atoms with van der Waals surface area (Å²) in [6.07, 6.45) is 1.56. The van der Waals surface area contributed by atoms with Gasteiger partial charge < -0.3 is 14.2 Å². The van der Waals surface area contributed by atoms with E-state index >= 15 is 0 Å². The van der Waals surface area contributed by atoms with Crippen molar-refractivity contribution in [3.05, 3.63) is 62.5 Å². The van der Waals surface area contributed by atoms with Crippen molar-refractivity contribution >= 4 is 75.4 Å². The summed E-state index contributed by atoms with van der Waals surface area (Å²) in [5, 5.41) is 1.66. The van der Waals surface area contributed by atoms with Crippen LogP contribution in [0.15, 0.2) is 41.3 Å². The molecule has 0 bridgehead atoms. The van der Waals surface area contributed by atoms with E-state index in [1.807, 2.05) is 0 Å². The summed E-state index contributed by atoms with van der Waals surface area (Å²) in [5.74, 6) is -1.13. The normalized spacial score (nSPS) is 14.4. The van der Waals surface area contributed by atoms with E-state index in [1.165, 1.54) is 19.2 Å². The number of thiocarbonyl (C=S) groups is 1. The molecule has 34 heavy (non-hydrogen) atoms. The molecule has 8 nitrogen and oxygen atoms in total. The van der Waals surface area contributed by atoms with Crippen LogP contribution in [-0.2, 0) is 14.3 Å². The summed E-state index contributed by atoms with van der Waals surface area (Å²) in [7, 11) is 1.24. The van der Waals surface area contributed by atoms with Gasteiger partial charge in [0.1, 0.15) is 0 Å². The average molecular weight is 541 g/mol. The van der Waals surface area contributed by atoms with Gasteiger partial charge in [0, 0.05) is 10.6 Å². The summed E-state index contributed by atoms with van der Waals surface area (Å²) in [4.78, 5) is 37.0. The van der Waals surface area contributed by atoms with E-state index in [4.69, 9.17) is 44.9 Å². The third-order valence-corrected chi connectivity index (χ3v) is 6.14. The summed E-state index contributed by atoms with van der Waals surface area (Å²) in [6.45, 7) is 1.74. The van der Waals surface area contributed by atoms with Crippen molar-refractivity contribution in [3.63, 3.8) is 0 Å². The van der Waals surface area contributed by atoms with Crippen molar-refractivity contribution in [1.82, 2.24) is 10.4 Å². The Bertz CT molecular complexity index is 1170. The number of methoxy groups -OCH3 is 1. The Balaban J connectivity index is 1.81. The lowest BCUT2D eigenvalue weighted by atomic mass is 10.1. The Morgan fingerprint density at radius 2 is 1.88 bits per heavy atom. The van der Waals surface area contributed by atoms with Gasteiger partial charge in [-0.15, -0.1) is 0 Å². The topological polar surface area (TPSA) is 94.2 Å². The zero-order valence-corrected chi connectivity index (χ0v) is 21.1. The minimum atomic E-state index is -0.577. The molecule has 1 heterocycles. The number of amides is 2. The lowest BCUT2D eigenvalue weighted by Gasteiger charge is -2.15. The smallest absolute Gasteiger partial charge is 0.343 e. The molecule has 0 aromatic heterocycles. The number of hydrazine groups is 1. The monoisotopic (exact) mass is 540 g/mol. The Morgan fingerprint density at radius 3 is 2.53 bits per heavy atom. The van der Waals surface area contributed by atoms with Gasteiger partial charge >= 0.3 is 5.97 Å². The van der Waals surface area contributed by atoms with Crippen LogP contribution < -0.4 is 14.9 Å². The van der Waals surface area contributed by atoms with Crippen LogP contribution in [0.4, 0.5) is 0 Å². The lowest BCUT2D eigenvalue weighted by Crippen LogP contribution is -2.44. The summed E-state index contributed by atoms with van der Waals surface area (Å²) in [5.41, 5.74) is 3.35. The fraction of sp³-hybridized carbons (Fsp3) is 0.182. The molecule has 0 spiro atoms. The van der Waals surface area contributed by atoms with Gasteiger partial charge in [0.15, 0.2) is 22.4 Å². The molecule has 12 heteroatoms. The van der Waals surface area contributed by atoms with Crippen molar-refractivity contribution in [2.45, 2.75) is 6.92 Å². The van der Waals surface area contributed by atoms with Crippen molar-refractivity contribution in [2.75, 3.05) is 20.3 Å². The van der Waals surface area contributed by atoms with Gasteiger partial charge in [0.25, 0.3) is 11.8 Å². The highest BCUT2D eigenvalue weighted by Crippen LogP contribution is 2.39. The maximum absolute atomic E-state index is 12.9. The second-order valence-corrected chi connectivity index (χ2v) is 9.11. The van der Waals surface area contributed by atoms with Crippen molar-refractivity contribution in [1.29, 1.82) is 0 Å². The van der Waals surface area contributed by atoms with E-state index in [0.717, 1.165) is 16.8 Å². The number of ether oxygens (including phenoxy) is 3. The van der Waals surface area contributed by atoms with Gasteiger partial charge in [0.2, 0.25) is 0 Å². The summed E-state index contributed by atoms with van der Waals surface area (Å²) < 4.78 is 15.7. The minimum absolute atomic E-state index is 0.160. The van der Waals surface area contributed by atoms with Crippen molar-refractivity contribution in [3.8, 4) is 11.5 Å². The number of hydrogen-bond acceptors (Lipinski definition) is 8. The van der Waals surface area contributed by atoms with Crippen molar-refractivity contribution in [2.24, 2.45) is 0 Å². The number of hydrogen-bond donors (Lipinski definition) is 1. The number of nitrogens with one attached hydrogen (secondary N) is 1. The molecule has 1 aliphatic heterocycles. The Kier molecular flexibility index (Phi) is 8.78. The Labute approximate surface area is 215 Å². The number of esters is 1. The molecule has 0 atom stereocenters. The first-order valence-electron chi connectivity index (χ1n) is 9.74. The number of carbonyl (C=O) groups excluding carboxylic acids is 3. The van der Waals surface area contributed by atoms with Crippen LogP contribution in [0.3, 0.4) is 0 Å². The van der Waals surface area contributed by atoms with E-state index in [9.17, 15) is 14.4 Å². The molecule has 1 aliphatic rings. The van der Waals surface area contributed by atoms with Crippen LogP contribution >= 0.6 is 47.2 Å². The van der Waals surface area contributed by atoms with Gasteiger partial charge in [-0.3, -0.25) is 15.0 Å². The highest BCUT2D eigenvalue weighted by atomic mass is 35.5. The maximum Gasteiger partial charge on any atom is 0.343 e. The van der Waals surface area contributed by atoms with Gasteiger partial charge in [-0.1, -0.05) is 35.0 Å². The lowest BCUT2D eigenvalue weighted by molar-refractivity contribution is -0.142. The van der Waals surface area contributed by atoms with E-state index in [-0.39, 0.29) is 32.4 Å². The van der Waals surface area contributed by atoms with Gasteiger partial charge in [-0.05, 0) is 67.2 Å². The van der Waals surface area contributed by atoms with E-state index in [1.54, 1.807) is 37.3 Å². The van der Waals surface area contributed by atoms with E-state index in [0.29, 0.717) is 22.8 Å².